The number of nitrogens with one attached hydrogen (secondary N) is 2. The van der Waals surface area contributed by atoms with Gasteiger partial charge in [-0.25, -0.2) is 0 Å². The Labute approximate surface area is 91.4 Å². The molecule has 0 aliphatic rings. The first-order valence-corrected chi connectivity index (χ1v) is 5.36. The van der Waals surface area contributed by atoms with Crippen molar-refractivity contribution >= 4 is 0 Å². The lowest BCUT2D eigenvalue weighted by Gasteiger charge is -2.25. The van der Waals surface area contributed by atoms with Crippen LogP contribution in [0.5, 0.6) is 0 Å². The van der Waals surface area contributed by atoms with Gasteiger partial charge in [-0.1, -0.05) is 13.8 Å². The van der Waals surface area contributed by atoms with Crippen LogP contribution < -0.4 is 16.8 Å². The fraction of sp³-hybridized carbons (Fsp3) is 0.636. The first-order chi connectivity index (χ1) is 7.06. The van der Waals surface area contributed by atoms with Crippen LogP contribution in [0, 0.1) is 0 Å². The summed E-state index contributed by atoms with van der Waals surface area (Å²) >= 11 is 0. The van der Waals surface area contributed by atoms with E-state index in [0.717, 1.165) is 13.1 Å². The molecule has 0 fully saturated rings. The van der Waals surface area contributed by atoms with E-state index in [2.05, 4.69) is 30.2 Å². The van der Waals surface area contributed by atoms with E-state index in [4.69, 9.17) is 11.5 Å². The number of aromatic nitrogens is 1. The van der Waals surface area contributed by atoms with Crippen LogP contribution >= 0.6 is 0 Å². The number of rotatable bonds is 6. The standard InChI is InChI=1S/C11H22N4/c1-11(2,9-3-4-14-6-9)8-15-7-10(13)5-12/h3-4,6,10,14-15H,5,7-8,12-13H2,1-2H3. The van der Waals surface area contributed by atoms with E-state index in [1.807, 2.05) is 12.4 Å². The average molecular weight is 210 g/mol. The molecule has 0 spiro atoms. The molecule has 86 valence electrons. The first kappa shape index (κ1) is 12.2. The normalized spacial score (nSPS) is 14.1. The summed E-state index contributed by atoms with van der Waals surface area (Å²) in [5.41, 5.74) is 12.6. The maximum Gasteiger partial charge on any atom is 0.0290 e. The van der Waals surface area contributed by atoms with Gasteiger partial charge in [0.1, 0.15) is 0 Å². The van der Waals surface area contributed by atoms with Crippen molar-refractivity contribution in [1.29, 1.82) is 0 Å². The van der Waals surface area contributed by atoms with Gasteiger partial charge >= 0.3 is 0 Å². The van der Waals surface area contributed by atoms with E-state index in [1.165, 1.54) is 5.56 Å². The van der Waals surface area contributed by atoms with Crippen LogP contribution in [0.2, 0.25) is 0 Å². The molecule has 0 aliphatic heterocycles. The van der Waals surface area contributed by atoms with Gasteiger partial charge < -0.3 is 21.8 Å². The molecule has 0 aromatic carbocycles. The molecule has 15 heavy (non-hydrogen) atoms. The number of hydrogen-bond donors (Lipinski definition) is 4. The number of nitrogens with two attached hydrogens (primary N) is 2. The minimum atomic E-state index is 0.0482. The lowest BCUT2D eigenvalue weighted by molar-refractivity contribution is 0.454. The quantitative estimate of drug-likeness (QED) is 0.540. The van der Waals surface area contributed by atoms with E-state index >= 15 is 0 Å². The van der Waals surface area contributed by atoms with Crippen molar-refractivity contribution in [3.63, 3.8) is 0 Å². The minimum absolute atomic E-state index is 0.0482. The van der Waals surface area contributed by atoms with Crippen LogP contribution in [0.15, 0.2) is 18.5 Å². The Balaban J connectivity index is 2.37. The lowest BCUT2D eigenvalue weighted by Crippen LogP contribution is -2.43. The fourth-order valence-corrected chi connectivity index (χ4v) is 1.50. The molecule has 1 aromatic heterocycles. The SMILES string of the molecule is CC(C)(CNCC(N)CN)c1cc[nH]c1. The predicted octanol–water partition coefficient (Wildman–Crippen LogP) is 0.168. The van der Waals surface area contributed by atoms with Crippen molar-refractivity contribution in [1.82, 2.24) is 10.3 Å². The van der Waals surface area contributed by atoms with Crippen LogP contribution in [-0.4, -0.2) is 30.7 Å². The molecule has 1 aromatic rings. The van der Waals surface area contributed by atoms with Crippen molar-refractivity contribution in [2.75, 3.05) is 19.6 Å². The third kappa shape index (κ3) is 3.66. The van der Waals surface area contributed by atoms with E-state index in [-0.39, 0.29) is 11.5 Å². The Morgan fingerprint density at radius 2 is 2.27 bits per heavy atom. The van der Waals surface area contributed by atoms with E-state index in [1.54, 1.807) is 0 Å². The molecular weight excluding hydrogens is 188 g/mol. The highest BCUT2D eigenvalue weighted by molar-refractivity contribution is 5.20. The van der Waals surface area contributed by atoms with E-state index in [0.29, 0.717) is 6.54 Å². The second-order valence-corrected chi connectivity index (χ2v) is 4.61. The smallest absolute Gasteiger partial charge is 0.0290 e. The molecule has 0 amide bonds. The molecule has 0 saturated heterocycles. The summed E-state index contributed by atoms with van der Waals surface area (Å²) < 4.78 is 0. The Morgan fingerprint density at radius 1 is 1.53 bits per heavy atom. The monoisotopic (exact) mass is 210 g/mol. The van der Waals surface area contributed by atoms with Gasteiger partial charge in [-0.3, -0.25) is 0 Å². The third-order valence-electron chi connectivity index (χ3n) is 2.66. The van der Waals surface area contributed by atoms with E-state index in [9.17, 15) is 0 Å². The second kappa shape index (κ2) is 5.30. The molecule has 0 bridgehead atoms. The second-order valence-electron chi connectivity index (χ2n) is 4.61. The number of hydrogen-bond acceptors (Lipinski definition) is 3. The predicted molar refractivity (Wildman–Crippen MR) is 63.7 cm³/mol. The van der Waals surface area contributed by atoms with Gasteiger partial charge in [0.2, 0.25) is 0 Å². The van der Waals surface area contributed by atoms with Crippen LogP contribution in [-0.2, 0) is 5.41 Å². The zero-order valence-electron chi connectivity index (χ0n) is 9.59. The summed E-state index contributed by atoms with van der Waals surface area (Å²) in [7, 11) is 0. The summed E-state index contributed by atoms with van der Waals surface area (Å²) in [6.07, 6.45) is 3.98. The Morgan fingerprint density at radius 3 is 2.80 bits per heavy atom. The van der Waals surface area contributed by atoms with Crippen LogP contribution in [0.3, 0.4) is 0 Å². The number of H-pyrrole nitrogens is 1. The molecule has 0 aliphatic carbocycles. The summed E-state index contributed by atoms with van der Waals surface area (Å²) in [6, 6.07) is 2.15. The zero-order valence-corrected chi connectivity index (χ0v) is 9.59. The molecule has 4 nitrogen and oxygen atoms in total. The van der Waals surface area contributed by atoms with Crippen molar-refractivity contribution in [2.45, 2.75) is 25.3 Å². The lowest BCUT2D eigenvalue weighted by atomic mass is 9.86. The van der Waals surface area contributed by atoms with Gasteiger partial charge in [0.25, 0.3) is 0 Å². The van der Waals surface area contributed by atoms with E-state index < -0.39 is 0 Å². The molecule has 6 N–H and O–H groups in total. The fourth-order valence-electron chi connectivity index (χ4n) is 1.50. The molecule has 1 atom stereocenters. The van der Waals surface area contributed by atoms with Gasteiger partial charge in [-0.2, -0.15) is 0 Å². The van der Waals surface area contributed by atoms with Gasteiger partial charge in [0.05, 0.1) is 0 Å². The highest BCUT2D eigenvalue weighted by Crippen LogP contribution is 2.21. The summed E-state index contributed by atoms with van der Waals surface area (Å²) in [5.74, 6) is 0. The third-order valence-corrected chi connectivity index (χ3v) is 2.66. The molecule has 1 rings (SSSR count). The van der Waals surface area contributed by atoms with Gasteiger partial charge in [-0.15, -0.1) is 0 Å². The highest BCUT2D eigenvalue weighted by atomic mass is 14.9. The Hall–Kier alpha value is -0.840. The topological polar surface area (TPSA) is 79.9 Å². The van der Waals surface area contributed by atoms with Gasteiger partial charge in [-0.05, 0) is 11.6 Å². The largest absolute Gasteiger partial charge is 0.367 e. The van der Waals surface area contributed by atoms with Crippen molar-refractivity contribution in [3.8, 4) is 0 Å². The molecule has 4 heteroatoms. The highest BCUT2D eigenvalue weighted by Gasteiger charge is 2.20. The van der Waals surface area contributed by atoms with Crippen molar-refractivity contribution in [2.24, 2.45) is 11.5 Å². The van der Waals surface area contributed by atoms with Crippen molar-refractivity contribution < 1.29 is 0 Å². The molecule has 1 unspecified atom stereocenters. The molecule has 1 heterocycles. The van der Waals surface area contributed by atoms with Crippen molar-refractivity contribution in [3.05, 3.63) is 24.0 Å². The zero-order chi connectivity index (χ0) is 11.3. The van der Waals surface area contributed by atoms with Gasteiger partial charge in [0.15, 0.2) is 0 Å². The number of aromatic amines is 1. The first-order valence-electron chi connectivity index (χ1n) is 5.36. The molecule has 0 saturated carbocycles. The van der Waals surface area contributed by atoms with Crippen LogP contribution in [0.1, 0.15) is 19.4 Å². The van der Waals surface area contributed by atoms with Crippen LogP contribution in [0.25, 0.3) is 0 Å². The molecular formula is C11H22N4. The Bertz CT molecular complexity index is 266. The maximum atomic E-state index is 5.73. The maximum absolute atomic E-state index is 5.73. The molecule has 0 radical (unpaired) electrons. The minimum Gasteiger partial charge on any atom is -0.367 e. The van der Waals surface area contributed by atoms with Crippen LogP contribution in [0.4, 0.5) is 0 Å². The summed E-state index contributed by atoms with van der Waals surface area (Å²) in [4.78, 5) is 3.07. The summed E-state index contributed by atoms with van der Waals surface area (Å²) in [6.45, 7) is 6.61. The van der Waals surface area contributed by atoms with Gasteiger partial charge in [0, 0.05) is 43.5 Å². The Kier molecular flexibility index (Phi) is 4.32. The average Bonchev–Trinajstić information content (AvgIpc) is 2.70. The summed E-state index contributed by atoms with van der Waals surface area (Å²) in [5, 5.41) is 3.35.